The Balaban J connectivity index is 2.43. The van der Waals surface area contributed by atoms with Crippen molar-refractivity contribution in [2.45, 2.75) is 13.3 Å². The Bertz CT molecular complexity index is 414. The molecule has 1 rings (SSSR count). The van der Waals surface area contributed by atoms with Gasteiger partial charge in [0.25, 0.3) is 5.91 Å². The number of nitrogens with zero attached hydrogens (tertiary/aromatic N) is 1. The third-order valence-corrected chi connectivity index (χ3v) is 2.40. The summed E-state index contributed by atoms with van der Waals surface area (Å²) in [4.78, 5) is 24.5. The van der Waals surface area contributed by atoms with Crippen LogP contribution in [0.1, 0.15) is 22.3 Å². The van der Waals surface area contributed by atoms with Gasteiger partial charge in [0.05, 0.1) is 0 Å². The summed E-state index contributed by atoms with van der Waals surface area (Å²) >= 11 is 0. The molecule has 1 aromatic rings. The van der Waals surface area contributed by atoms with E-state index in [2.05, 4.69) is 5.32 Å². The number of hydrogen-bond donors (Lipinski definition) is 1. The Morgan fingerprint density at radius 2 is 2.00 bits per heavy atom. The van der Waals surface area contributed by atoms with E-state index in [9.17, 15) is 9.59 Å². The van der Waals surface area contributed by atoms with E-state index in [-0.39, 0.29) is 11.8 Å². The van der Waals surface area contributed by atoms with Gasteiger partial charge in [0.15, 0.2) is 0 Å². The van der Waals surface area contributed by atoms with Crippen molar-refractivity contribution in [1.29, 1.82) is 0 Å². The van der Waals surface area contributed by atoms with Crippen molar-refractivity contribution in [3.05, 3.63) is 35.4 Å². The molecule has 0 aromatic heterocycles. The zero-order chi connectivity index (χ0) is 12.8. The first-order valence-electron chi connectivity index (χ1n) is 5.55. The number of rotatable bonds is 4. The molecule has 0 saturated heterocycles. The van der Waals surface area contributed by atoms with Gasteiger partial charge in [-0.3, -0.25) is 9.59 Å². The van der Waals surface area contributed by atoms with Gasteiger partial charge in [0.2, 0.25) is 5.91 Å². The van der Waals surface area contributed by atoms with Gasteiger partial charge in [-0.05, 0) is 19.1 Å². The summed E-state index contributed by atoms with van der Waals surface area (Å²) in [5.41, 5.74) is 1.67. The van der Waals surface area contributed by atoms with Crippen molar-refractivity contribution in [2.24, 2.45) is 0 Å². The van der Waals surface area contributed by atoms with Gasteiger partial charge >= 0.3 is 0 Å². The van der Waals surface area contributed by atoms with Gasteiger partial charge in [0, 0.05) is 32.6 Å². The molecule has 0 radical (unpaired) electrons. The minimum Gasteiger partial charge on any atom is -0.352 e. The number of carbonyl (C=O) groups excluding carboxylic acids is 2. The fourth-order valence-electron chi connectivity index (χ4n) is 1.39. The lowest BCUT2D eigenvalue weighted by Gasteiger charge is -2.10. The lowest BCUT2D eigenvalue weighted by atomic mass is 10.1. The Kier molecular flexibility index (Phi) is 4.69. The molecule has 0 atom stereocenters. The molecule has 0 heterocycles. The van der Waals surface area contributed by atoms with Gasteiger partial charge in [-0.2, -0.15) is 0 Å². The summed E-state index contributed by atoms with van der Waals surface area (Å²) in [5.74, 6) is -0.130. The second-order valence-electron chi connectivity index (χ2n) is 4.16. The second kappa shape index (κ2) is 6.03. The molecular weight excluding hydrogens is 216 g/mol. The normalized spacial score (nSPS) is 9.82. The molecule has 1 aromatic carbocycles. The molecule has 2 amide bonds. The maximum atomic E-state index is 11.7. The number of benzene rings is 1. The first kappa shape index (κ1) is 13.2. The molecule has 4 nitrogen and oxygen atoms in total. The smallest absolute Gasteiger partial charge is 0.251 e. The minimum atomic E-state index is -0.139. The second-order valence-corrected chi connectivity index (χ2v) is 4.16. The number of hydrogen-bond acceptors (Lipinski definition) is 2. The lowest BCUT2D eigenvalue weighted by molar-refractivity contribution is -0.128. The van der Waals surface area contributed by atoms with Crippen LogP contribution in [-0.2, 0) is 4.79 Å². The summed E-state index contributed by atoms with van der Waals surface area (Å²) in [6.07, 6.45) is 0.324. The van der Waals surface area contributed by atoms with Crippen molar-refractivity contribution < 1.29 is 9.59 Å². The largest absolute Gasteiger partial charge is 0.352 e. The van der Waals surface area contributed by atoms with Crippen molar-refractivity contribution >= 4 is 11.8 Å². The van der Waals surface area contributed by atoms with Gasteiger partial charge in [-0.15, -0.1) is 0 Å². The molecule has 92 valence electrons. The van der Waals surface area contributed by atoms with E-state index in [0.717, 1.165) is 5.56 Å². The Morgan fingerprint density at radius 1 is 1.29 bits per heavy atom. The Morgan fingerprint density at radius 3 is 2.59 bits per heavy atom. The zero-order valence-electron chi connectivity index (χ0n) is 10.5. The van der Waals surface area contributed by atoms with Crippen LogP contribution in [0.5, 0.6) is 0 Å². The van der Waals surface area contributed by atoms with Crippen LogP contribution >= 0.6 is 0 Å². The molecule has 4 heteroatoms. The van der Waals surface area contributed by atoms with Crippen LogP contribution in [0.4, 0.5) is 0 Å². The van der Waals surface area contributed by atoms with Crippen molar-refractivity contribution in [3.63, 3.8) is 0 Å². The molecular formula is C13H18N2O2. The van der Waals surface area contributed by atoms with Crippen LogP contribution in [0, 0.1) is 6.92 Å². The van der Waals surface area contributed by atoms with Gasteiger partial charge in [-0.1, -0.05) is 17.7 Å². The van der Waals surface area contributed by atoms with E-state index >= 15 is 0 Å². The lowest BCUT2D eigenvalue weighted by Crippen LogP contribution is -2.30. The van der Waals surface area contributed by atoms with Crippen LogP contribution in [0.3, 0.4) is 0 Å². The molecule has 0 bridgehead atoms. The molecule has 17 heavy (non-hydrogen) atoms. The van der Waals surface area contributed by atoms with Crippen LogP contribution in [0.2, 0.25) is 0 Å². The van der Waals surface area contributed by atoms with Gasteiger partial charge < -0.3 is 10.2 Å². The molecule has 0 unspecified atom stereocenters. The number of amides is 2. The Hall–Kier alpha value is -1.84. The maximum absolute atomic E-state index is 11.7. The van der Waals surface area contributed by atoms with E-state index < -0.39 is 0 Å². The van der Waals surface area contributed by atoms with E-state index in [1.165, 1.54) is 4.90 Å². The van der Waals surface area contributed by atoms with Crippen LogP contribution in [0.25, 0.3) is 0 Å². The summed E-state index contributed by atoms with van der Waals surface area (Å²) in [5, 5.41) is 2.73. The van der Waals surface area contributed by atoms with Crippen molar-refractivity contribution in [3.8, 4) is 0 Å². The van der Waals surface area contributed by atoms with E-state index in [4.69, 9.17) is 0 Å². The SMILES string of the molecule is Cc1cccc(C(=O)NCCC(=O)N(C)C)c1. The molecule has 0 spiro atoms. The first-order valence-corrected chi connectivity index (χ1v) is 5.55. The standard InChI is InChI=1S/C13H18N2O2/c1-10-5-4-6-11(9-10)13(17)14-8-7-12(16)15(2)3/h4-6,9H,7-8H2,1-3H3,(H,14,17). The molecule has 0 aliphatic carbocycles. The Labute approximate surface area is 102 Å². The minimum absolute atomic E-state index is 0.00884. The van der Waals surface area contributed by atoms with E-state index in [1.807, 2.05) is 25.1 Å². The van der Waals surface area contributed by atoms with Crippen molar-refractivity contribution in [1.82, 2.24) is 10.2 Å². The monoisotopic (exact) mass is 234 g/mol. The average molecular weight is 234 g/mol. The quantitative estimate of drug-likeness (QED) is 0.851. The van der Waals surface area contributed by atoms with Crippen molar-refractivity contribution in [2.75, 3.05) is 20.6 Å². The van der Waals surface area contributed by atoms with Crippen LogP contribution in [-0.4, -0.2) is 37.4 Å². The fourth-order valence-corrected chi connectivity index (χ4v) is 1.39. The number of carbonyl (C=O) groups is 2. The maximum Gasteiger partial charge on any atom is 0.251 e. The summed E-state index contributed by atoms with van der Waals surface area (Å²) in [6, 6.07) is 7.36. The van der Waals surface area contributed by atoms with E-state index in [1.54, 1.807) is 20.2 Å². The number of nitrogens with one attached hydrogen (secondary N) is 1. The summed E-state index contributed by atoms with van der Waals surface area (Å²) in [6.45, 7) is 2.30. The highest BCUT2D eigenvalue weighted by molar-refractivity contribution is 5.94. The van der Waals surface area contributed by atoms with Gasteiger partial charge in [0.1, 0.15) is 0 Å². The fraction of sp³-hybridized carbons (Fsp3) is 0.385. The third kappa shape index (κ3) is 4.26. The average Bonchev–Trinajstić information content (AvgIpc) is 2.28. The first-order chi connectivity index (χ1) is 8.00. The number of aryl methyl sites for hydroxylation is 1. The molecule has 0 fully saturated rings. The summed E-state index contributed by atoms with van der Waals surface area (Å²) < 4.78 is 0. The molecule has 1 N–H and O–H groups in total. The summed E-state index contributed by atoms with van der Waals surface area (Å²) in [7, 11) is 3.40. The predicted octanol–water partition coefficient (Wildman–Crippen LogP) is 1.20. The highest BCUT2D eigenvalue weighted by Gasteiger charge is 2.07. The molecule has 0 aliphatic heterocycles. The topological polar surface area (TPSA) is 49.4 Å². The van der Waals surface area contributed by atoms with Crippen LogP contribution in [0.15, 0.2) is 24.3 Å². The predicted molar refractivity (Wildman–Crippen MR) is 66.8 cm³/mol. The third-order valence-electron chi connectivity index (χ3n) is 2.40. The molecule has 0 aliphatic rings. The zero-order valence-corrected chi connectivity index (χ0v) is 10.5. The van der Waals surface area contributed by atoms with E-state index in [0.29, 0.717) is 18.5 Å². The molecule has 0 saturated carbocycles. The highest BCUT2D eigenvalue weighted by Crippen LogP contribution is 2.03. The van der Waals surface area contributed by atoms with Gasteiger partial charge in [-0.25, -0.2) is 0 Å². The highest BCUT2D eigenvalue weighted by atomic mass is 16.2. The van der Waals surface area contributed by atoms with Crippen LogP contribution < -0.4 is 5.32 Å².